The van der Waals surface area contributed by atoms with Crippen molar-refractivity contribution >= 4 is 16.9 Å². The van der Waals surface area contributed by atoms with Gasteiger partial charge in [0.25, 0.3) is 0 Å². The second kappa shape index (κ2) is 5.15. The van der Waals surface area contributed by atoms with Crippen LogP contribution in [0.1, 0.15) is 36.4 Å². The molecule has 116 valence electrons. The lowest BCUT2D eigenvalue weighted by molar-refractivity contribution is -0.124. The molecule has 0 radical (unpaired) electrons. The van der Waals surface area contributed by atoms with Gasteiger partial charge in [-0.2, -0.15) is 5.10 Å². The molecule has 2 atom stereocenters. The smallest absolute Gasteiger partial charge is 0.230 e. The number of carbonyl (C=O) groups is 1. The molecular weight excluding hydrogens is 290 g/mol. The third kappa shape index (κ3) is 2.02. The summed E-state index contributed by atoms with van der Waals surface area (Å²) in [6.07, 6.45) is 7.78. The first-order valence-corrected chi connectivity index (χ1v) is 7.72. The lowest BCUT2D eigenvalue weighted by Crippen LogP contribution is -2.44. The summed E-state index contributed by atoms with van der Waals surface area (Å²) in [5, 5.41) is 6.88. The number of rotatable bonds is 3. The van der Waals surface area contributed by atoms with Gasteiger partial charge < -0.3 is 5.73 Å². The summed E-state index contributed by atoms with van der Waals surface area (Å²) >= 11 is 0. The molecule has 3 N–H and O–H groups in total. The number of nitrogens with one attached hydrogen (secondary N) is 1. The summed E-state index contributed by atoms with van der Waals surface area (Å²) in [7, 11) is 0. The second-order valence-electron chi connectivity index (χ2n) is 6.07. The summed E-state index contributed by atoms with van der Waals surface area (Å²) in [6, 6.07) is 7.71. The van der Waals surface area contributed by atoms with Gasteiger partial charge in [0.15, 0.2) is 0 Å². The van der Waals surface area contributed by atoms with Crippen LogP contribution >= 0.6 is 0 Å². The summed E-state index contributed by atoms with van der Waals surface area (Å²) in [4.78, 5) is 21.4. The van der Waals surface area contributed by atoms with E-state index in [1.165, 1.54) is 0 Å². The Hall–Kier alpha value is -2.76. The molecule has 1 saturated carbocycles. The standard InChI is InChI=1S/C17H17N5O/c18-16(23)17(15-6-5-13-14(21-15)10-20-22-13)7-1-4-12(17)11-3-2-8-19-9-11/h2-3,5-6,8-10,12H,1,4,7H2,(H2,18,23)(H,20,22). The highest BCUT2D eigenvalue weighted by atomic mass is 16.1. The Bertz CT molecular complexity index is 860. The third-order valence-corrected chi connectivity index (χ3v) is 4.94. The molecule has 0 bridgehead atoms. The number of carbonyl (C=O) groups excluding carboxylic acids is 1. The van der Waals surface area contributed by atoms with E-state index in [0.29, 0.717) is 6.42 Å². The maximum Gasteiger partial charge on any atom is 0.230 e. The zero-order chi connectivity index (χ0) is 15.9. The van der Waals surface area contributed by atoms with E-state index in [0.717, 1.165) is 35.1 Å². The van der Waals surface area contributed by atoms with Gasteiger partial charge in [0, 0.05) is 18.3 Å². The monoisotopic (exact) mass is 307 g/mol. The van der Waals surface area contributed by atoms with Crippen LogP contribution in [0, 0.1) is 0 Å². The van der Waals surface area contributed by atoms with Crippen LogP contribution in [0.25, 0.3) is 11.0 Å². The molecule has 3 heterocycles. The largest absolute Gasteiger partial charge is 0.369 e. The van der Waals surface area contributed by atoms with E-state index >= 15 is 0 Å². The minimum absolute atomic E-state index is 0.00514. The fraction of sp³-hybridized carbons (Fsp3) is 0.294. The molecule has 3 aromatic rings. The summed E-state index contributed by atoms with van der Waals surface area (Å²) in [6.45, 7) is 0. The van der Waals surface area contributed by atoms with Crippen molar-refractivity contribution in [2.45, 2.75) is 30.6 Å². The van der Waals surface area contributed by atoms with E-state index in [1.807, 2.05) is 30.5 Å². The fourth-order valence-corrected chi connectivity index (χ4v) is 3.85. The molecule has 1 aliphatic rings. The zero-order valence-corrected chi connectivity index (χ0v) is 12.6. The Morgan fingerprint density at radius 2 is 2.22 bits per heavy atom. The maximum atomic E-state index is 12.5. The Morgan fingerprint density at radius 3 is 3.00 bits per heavy atom. The van der Waals surface area contributed by atoms with Crippen LogP contribution in [0.15, 0.2) is 42.9 Å². The Balaban J connectivity index is 1.89. The van der Waals surface area contributed by atoms with Gasteiger partial charge in [-0.25, -0.2) is 4.98 Å². The number of aromatic nitrogens is 4. The van der Waals surface area contributed by atoms with Crippen LogP contribution in [0.2, 0.25) is 0 Å². The second-order valence-corrected chi connectivity index (χ2v) is 6.07. The SMILES string of the molecule is NC(=O)C1(c2ccc3[nH]ncc3n2)CCCC1c1cccnc1. The molecule has 3 aromatic heterocycles. The molecule has 0 spiro atoms. The molecule has 1 amide bonds. The maximum absolute atomic E-state index is 12.5. The van der Waals surface area contributed by atoms with Gasteiger partial charge in [-0.3, -0.25) is 14.9 Å². The quantitative estimate of drug-likeness (QED) is 0.773. The van der Waals surface area contributed by atoms with Gasteiger partial charge in [0.1, 0.15) is 5.52 Å². The van der Waals surface area contributed by atoms with Crippen LogP contribution in [-0.4, -0.2) is 26.1 Å². The van der Waals surface area contributed by atoms with Gasteiger partial charge in [-0.15, -0.1) is 0 Å². The molecule has 4 rings (SSSR count). The number of H-pyrrole nitrogens is 1. The highest BCUT2D eigenvalue weighted by Crippen LogP contribution is 2.50. The molecule has 0 saturated heterocycles. The number of nitrogens with zero attached hydrogens (tertiary/aromatic N) is 3. The topological polar surface area (TPSA) is 97.6 Å². The first-order chi connectivity index (χ1) is 11.2. The van der Waals surface area contributed by atoms with Crippen LogP contribution in [0.3, 0.4) is 0 Å². The predicted octanol–water partition coefficient (Wildman–Crippen LogP) is 2.04. The van der Waals surface area contributed by atoms with Gasteiger partial charge in [-0.1, -0.05) is 12.5 Å². The molecule has 6 nitrogen and oxygen atoms in total. The number of aromatic amines is 1. The van der Waals surface area contributed by atoms with Gasteiger partial charge in [0.05, 0.1) is 22.8 Å². The predicted molar refractivity (Wildman–Crippen MR) is 85.6 cm³/mol. The molecule has 2 unspecified atom stereocenters. The molecule has 0 aromatic carbocycles. The van der Waals surface area contributed by atoms with Crippen molar-refractivity contribution in [2.75, 3.05) is 0 Å². The number of hydrogen-bond donors (Lipinski definition) is 2. The average Bonchev–Trinajstić information content (AvgIpc) is 3.22. The Morgan fingerprint density at radius 1 is 1.30 bits per heavy atom. The first-order valence-electron chi connectivity index (χ1n) is 7.72. The zero-order valence-electron chi connectivity index (χ0n) is 12.6. The number of pyridine rings is 2. The number of fused-ring (bicyclic) bond motifs is 1. The molecule has 1 aliphatic carbocycles. The molecule has 1 fully saturated rings. The minimum atomic E-state index is -0.783. The molecular formula is C17H17N5O. The lowest BCUT2D eigenvalue weighted by Gasteiger charge is -2.32. The van der Waals surface area contributed by atoms with Crippen molar-refractivity contribution in [1.29, 1.82) is 0 Å². The van der Waals surface area contributed by atoms with E-state index in [4.69, 9.17) is 5.73 Å². The van der Waals surface area contributed by atoms with Gasteiger partial charge in [-0.05, 0) is 36.6 Å². The van der Waals surface area contributed by atoms with Gasteiger partial charge in [0.2, 0.25) is 5.91 Å². The van der Waals surface area contributed by atoms with E-state index < -0.39 is 5.41 Å². The fourth-order valence-electron chi connectivity index (χ4n) is 3.85. The minimum Gasteiger partial charge on any atom is -0.369 e. The average molecular weight is 307 g/mol. The normalized spacial score (nSPS) is 24.1. The van der Waals surface area contributed by atoms with Crippen LogP contribution in [0.5, 0.6) is 0 Å². The van der Waals surface area contributed by atoms with Crippen molar-refractivity contribution in [3.05, 3.63) is 54.1 Å². The third-order valence-electron chi connectivity index (χ3n) is 4.94. The summed E-state index contributed by atoms with van der Waals surface area (Å²) < 4.78 is 0. The number of amides is 1. The molecule has 0 aliphatic heterocycles. The molecule has 6 heteroatoms. The van der Waals surface area contributed by atoms with Crippen molar-refractivity contribution < 1.29 is 4.79 Å². The number of nitrogens with two attached hydrogens (primary N) is 1. The van der Waals surface area contributed by atoms with E-state index in [9.17, 15) is 4.79 Å². The van der Waals surface area contributed by atoms with E-state index in [1.54, 1.807) is 12.4 Å². The van der Waals surface area contributed by atoms with Crippen LogP contribution < -0.4 is 5.73 Å². The van der Waals surface area contributed by atoms with Crippen molar-refractivity contribution in [2.24, 2.45) is 5.73 Å². The molecule has 23 heavy (non-hydrogen) atoms. The van der Waals surface area contributed by atoms with E-state index in [2.05, 4.69) is 20.2 Å². The van der Waals surface area contributed by atoms with Crippen LogP contribution in [0.4, 0.5) is 0 Å². The van der Waals surface area contributed by atoms with Crippen LogP contribution in [-0.2, 0) is 10.2 Å². The lowest BCUT2D eigenvalue weighted by atomic mass is 9.71. The van der Waals surface area contributed by atoms with E-state index in [-0.39, 0.29) is 11.8 Å². The number of hydrogen-bond acceptors (Lipinski definition) is 4. The van der Waals surface area contributed by atoms with Crippen molar-refractivity contribution in [1.82, 2.24) is 20.2 Å². The van der Waals surface area contributed by atoms with Crippen molar-refractivity contribution in [3.8, 4) is 0 Å². The number of primary amides is 1. The Labute approximate surface area is 133 Å². The summed E-state index contributed by atoms with van der Waals surface area (Å²) in [5.41, 5.74) is 8.47. The highest BCUT2D eigenvalue weighted by molar-refractivity contribution is 5.89. The first kappa shape index (κ1) is 13.9. The highest BCUT2D eigenvalue weighted by Gasteiger charge is 2.51. The summed E-state index contributed by atoms with van der Waals surface area (Å²) in [5.74, 6) is -0.315. The Kier molecular flexibility index (Phi) is 3.11. The van der Waals surface area contributed by atoms with Crippen molar-refractivity contribution in [3.63, 3.8) is 0 Å². The van der Waals surface area contributed by atoms with Gasteiger partial charge >= 0.3 is 0 Å².